The molecule has 1 unspecified atom stereocenters. The minimum atomic E-state index is -0.162. The molecule has 2 amide bonds. The van der Waals surface area contributed by atoms with Crippen LogP contribution in [0.2, 0.25) is 0 Å². The number of carbonyl (C=O) groups excluding carboxylic acids is 2. The average Bonchev–Trinajstić information content (AvgIpc) is 2.26. The lowest BCUT2D eigenvalue weighted by Crippen LogP contribution is -2.43. The van der Waals surface area contributed by atoms with Crippen molar-refractivity contribution in [2.45, 2.75) is 38.6 Å². The van der Waals surface area contributed by atoms with Crippen molar-refractivity contribution in [2.75, 3.05) is 19.6 Å². The zero-order valence-corrected chi connectivity index (χ0v) is 9.87. The zero-order valence-electron chi connectivity index (χ0n) is 9.87. The first kappa shape index (κ1) is 13.0. The molecule has 0 aromatic heterocycles. The summed E-state index contributed by atoms with van der Waals surface area (Å²) in [4.78, 5) is 24.8. The van der Waals surface area contributed by atoms with Crippen LogP contribution in [0.3, 0.4) is 0 Å². The summed E-state index contributed by atoms with van der Waals surface area (Å²) in [6, 6.07) is -0.162. The van der Waals surface area contributed by atoms with Crippen LogP contribution in [0.1, 0.15) is 32.6 Å². The first-order chi connectivity index (χ1) is 7.59. The van der Waals surface area contributed by atoms with Crippen LogP contribution in [0, 0.1) is 0 Å². The molecule has 5 heteroatoms. The van der Waals surface area contributed by atoms with Gasteiger partial charge in [0.1, 0.15) is 0 Å². The van der Waals surface area contributed by atoms with Crippen LogP contribution in [0.5, 0.6) is 0 Å². The third-order valence-corrected chi connectivity index (χ3v) is 2.65. The molecule has 1 saturated heterocycles. The van der Waals surface area contributed by atoms with E-state index >= 15 is 0 Å². The molecule has 3 N–H and O–H groups in total. The summed E-state index contributed by atoms with van der Waals surface area (Å²) in [7, 11) is 0. The lowest BCUT2D eigenvalue weighted by molar-refractivity contribution is -0.133. The molecule has 1 atom stereocenters. The molecule has 92 valence electrons. The van der Waals surface area contributed by atoms with E-state index in [-0.39, 0.29) is 30.8 Å². The molecule has 1 heterocycles. The molecule has 0 aromatic rings. The van der Waals surface area contributed by atoms with Gasteiger partial charge in [-0.1, -0.05) is 0 Å². The summed E-state index contributed by atoms with van der Waals surface area (Å²) < 4.78 is 0. The molecule has 0 aliphatic carbocycles. The first-order valence-corrected chi connectivity index (χ1v) is 5.89. The Hall–Kier alpha value is -1.10. The second-order valence-corrected chi connectivity index (χ2v) is 4.40. The molecule has 0 aromatic carbocycles. The Kier molecular flexibility index (Phi) is 5.25. The van der Waals surface area contributed by atoms with Crippen molar-refractivity contribution in [3.63, 3.8) is 0 Å². The third kappa shape index (κ3) is 4.61. The van der Waals surface area contributed by atoms with Crippen molar-refractivity contribution >= 4 is 11.8 Å². The summed E-state index contributed by atoms with van der Waals surface area (Å²) in [6.45, 7) is 3.52. The van der Waals surface area contributed by atoms with Crippen molar-refractivity contribution in [2.24, 2.45) is 5.73 Å². The van der Waals surface area contributed by atoms with Crippen LogP contribution in [-0.2, 0) is 9.59 Å². The Labute approximate surface area is 96.4 Å². The minimum Gasteiger partial charge on any atom is -0.347 e. The summed E-state index contributed by atoms with van der Waals surface area (Å²) in [5.74, 6) is -0.141. The van der Waals surface area contributed by atoms with Crippen molar-refractivity contribution in [3.8, 4) is 0 Å². The smallest absolute Gasteiger partial charge is 0.241 e. The predicted octanol–water partition coefficient (Wildman–Crippen LogP) is -0.148. The van der Waals surface area contributed by atoms with E-state index in [0.29, 0.717) is 0 Å². The number of hydrogen-bond donors (Lipinski definition) is 2. The van der Waals surface area contributed by atoms with E-state index < -0.39 is 0 Å². The maximum atomic E-state index is 11.7. The molecule has 1 aliphatic heterocycles. The molecule has 1 rings (SSSR count). The molecule has 0 bridgehead atoms. The standard InChI is InChI=1S/C11H21N3O2/c1-9(12)7-10(15)13-8-11(16)14-5-3-2-4-6-14/h9H,2-8,12H2,1H3,(H,13,15). The topological polar surface area (TPSA) is 75.4 Å². The number of piperidine rings is 1. The van der Waals surface area contributed by atoms with Crippen LogP contribution >= 0.6 is 0 Å². The maximum Gasteiger partial charge on any atom is 0.241 e. The highest BCUT2D eigenvalue weighted by Gasteiger charge is 2.16. The van der Waals surface area contributed by atoms with Crippen LogP contribution in [-0.4, -0.2) is 42.4 Å². The van der Waals surface area contributed by atoms with Gasteiger partial charge in [0.2, 0.25) is 11.8 Å². The Morgan fingerprint density at radius 3 is 2.50 bits per heavy atom. The van der Waals surface area contributed by atoms with Gasteiger partial charge < -0.3 is 16.0 Å². The second-order valence-electron chi connectivity index (χ2n) is 4.40. The van der Waals surface area contributed by atoms with Gasteiger partial charge in [0, 0.05) is 25.6 Å². The maximum absolute atomic E-state index is 11.7. The van der Waals surface area contributed by atoms with Gasteiger partial charge in [0.25, 0.3) is 0 Å². The van der Waals surface area contributed by atoms with Gasteiger partial charge in [-0.25, -0.2) is 0 Å². The average molecular weight is 227 g/mol. The predicted molar refractivity (Wildman–Crippen MR) is 61.7 cm³/mol. The highest BCUT2D eigenvalue weighted by Crippen LogP contribution is 2.08. The largest absolute Gasteiger partial charge is 0.347 e. The Balaban J connectivity index is 2.21. The van der Waals surface area contributed by atoms with E-state index in [1.807, 2.05) is 4.90 Å². The molecule has 16 heavy (non-hydrogen) atoms. The SMILES string of the molecule is CC(N)CC(=O)NCC(=O)N1CCCCC1. The second kappa shape index (κ2) is 6.48. The van der Waals surface area contributed by atoms with Crippen molar-refractivity contribution < 1.29 is 9.59 Å². The number of hydrogen-bond acceptors (Lipinski definition) is 3. The monoisotopic (exact) mass is 227 g/mol. The van der Waals surface area contributed by atoms with Crippen LogP contribution < -0.4 is 11.1 Å². The number of nitrogens with two attached hydrogens (primary N) is 1. The van der Waals surface area contributed by atoms with Crippen LogP contribution in [0.25, 0.3) is 0 Å². The highest BCUT2D eigenvalue weighted by atomic mass is 16.2. The lowest BCUT2D eigenvalue weighted by atomic mass is 10.1. The number of carbonyl (C=O) groups is 2. The van der Waals surface area contributed by atoms with Crippen molar-refractivity contribution in [1.82, 2.24) is 10.2 Å². The quantitative estimate of drug-likeness (QED) is 0.701. The van der Waals surface area contributed by atoms with Gasteiger partial charge in [-0.3, -0.25) is 9.59 Å². The van der Waals surface area contributed by atoms with E-state index in [2.05, 4.69) is 5.32 Å². The fourth-order valence-corrected chi connectivity index (χ4v) is 1.79. The molecular formula is C11H21N3O2. The Bertz CT molecular complexity index is 248. The molecule has 1 aliphatic rings. The van der Waals surface area contributed by atoms with Gasteiger partial charge in [0.05, 0.1) is 6.54 Å². The normalized spacial score (nSPS) is 18.0. The van der Waals surface area contributed by atoms with E-state index in [0.717, 1.165) is 25.9 Å². The number of amides is 2. The summed E-state index contributed by atoms with van der Waals surface area (Å²) in [5, 5.41) is 2.60. The number of nitrogens with zero attached hydrogens (tertiary/aromatic N) is 1. The van der Waals surface area contributed by atoms with Crippen LogP contribution in [0.15, 0.2) is 0 Å². The fourth-order valence-electron chi connectivity index (χ4n) is 1.79. The Morgan fingerprint density at radius 2 is 1.94 bits per heavy atom. The molecule has 1 fully saturated rings. The molecule has 5 nitrogen and oxygen atoms in total. The lowest BCUT2D eigenvalue weighted by Gasteiger charge is -2.26. The number of rotatable bonds is 4. The molecular weight excluding hydrogens is 206 g/mol. The zero-order chi connectivity index (χ0) is 12.0. The van der Waals surface area contributed by atoms with Gasteiger partial charge >= 0.3 is 0 Å². The molecule has 0 spiro atoms. The highest BCUT2D eigenvalue weighted by molar-refractivity contribution is 5.84. The summed E-state index contributed by atoms with van der Waals surface area (Å²) >= 11 is 0. The minimum absolute atomic E-state index is 0.0118. The molecule has 0 saturated carbocycles. The number of nitrogens with one attached hydrogen (secondary N) is 1. The van der Waals surface area contributed by atoms with Gasteiger partial charge in [0.15, 0.2) is 0 Å². The first-order valence-electron chi connectivity index (χ1n) is 5.89. The number of likely N-dealkylation sites (tertiary alicyclic amines) is 1. The van der Waals surface area contributed by atoms with Gasteiger partial charge in [-0.15, -0.1) is 0 Å². The fraction of sp³-hybridized carbons (Fsp3) is 0.818. The summed E-state index contributed by atoms with van der Waals surface area (Å²) in [6.07, 6.45) is 3.60. The van der Waals surface area contributed by atoms with E-state index in [9.17, 15) is 9.59 Å². The summed E-state index contributed by atoms with van der Waals surface area (Å²) in [5.41, 5.74) is 5.49. The van der Waals surface area contributed by atoms with Crippen molar-refractivity contribution in [1.29, 1.82) is 0 Å². The van der Waals surface area contributed by atoms with E-state index in [1.54, 1.807) is 6.92 Å². The Morgan fingerprint density at radius 1 is 1.31 bits per heavy atom. The van der Waals surface area contributed by atoms with Gasteiger partial charge in [-0.05, 0) is 26.2 Å². The van der Waals surface area contributed by atoms with Gasteiger partial charge in [-0.2, -0.15) is 0 Å². The van der Waals surface area contributed by atoms with E-state index in [1.165, 1.54) is 6.42 Å². The molecule has 0 radical (unpaired) electrons. The van der Waals surface area contributed by atoms with Crippen LogP contribution in [0.4, 0.5) is 0 Å². The van der Waals surface area contributed by atoms with E-state index in [4.69, 9.17) is 5.73 Å². The van der Waals surface area contributed by atoms with Crippen molar-refractivity contribution in [3.05, 3.63) is 0 Å². The third-order valence-electron chi connectivity index (χ3n) is 2.65.